The second-order valence-electron chi connectivity index (χ2n) is 5.51. The van der Waals surface area contributed by atoms with E-state index >= 15 is 0 Å². The molecular weight excluding hydrogens is 262 g/mol. The Morgan fingerprint density at radius 2 is 2.00 bits per heavy atom. The van der Waals surface area contributed by atoms with Crippen LogP contribution in [0.3, 0.4) is 0 Å². The molecule has 1 rings (SSSR count). The van der Waals surface area contributed by atoms with Crippen LogP contribution in [0.5, 0.6) is 0 Å². The molecule has 21 heavy (non-hydrogen) atoms. The molecule has 0 aliphatic heterocycles. The van der Waals surface area contributed by atoms with Crippen LogP contribution in [0.2, 0.25) is 0 Å². The highest BCUT2D eigenvalue weighted by atomic mass is 16.6. The number of nitro groups is 1. The average Bonchev–Trinajstić information content (AvgIpc) is 2.50. The summed E-state index contributed by atoms with van der Waals surface area (Å²) >= 11 is 0. The van der Waals surface area contributed by atoms with E-state index in [0.29, 0.717) is 5.56 Å². The summed E-state index contributed by atoms with van der Waals surface area (Å²) in [7, 11) is 0. The molecule has 0 aliphatic carbocycles. The number of allylic oxidation sites excluding steroid dienone is 3. The highest BCUT2D eigenvalue weighted by molar-refractivity contribution is 5.49. The van der Waals surface area contributed by atoms with Crippen molar-refractivity contribution in [2.75, 3.05) is 0 Å². The van der Waals surface area contributed by atoms with Crippen molar-refractivity contribution in [2.24, 2.45) is 0 Å². The van der Waals surface area contributed by atoms with Crippen LogP contribution in [0.25, 0.3) is 0 Å². The predicted octanol–water partition coefficient (Wildman–Crippen LogP) is 5.57. The molecule has 0 bridgehead atoms. The van der Waals surface area contributed by atoms with E-state index in [-0.39, 0.29) is 10.6 Å². The summed E-state index contributed by atoms with van der Waals surface area (Å²) in [5.74, 6) is 0. The van der Waals surface area contributed by atoms with Crippen LogP contribution >= 0.6 is 0 Å². The van der Waals surface area contributed by atoms with Crippen molar-refractivity contribution in [2.45, 2.75) is 51.4 Å². The first-order valence-electron chi connectivity index (χ1n) is 7.60. The van der Waals surface area contributed by atoms with Gasteiger partial charge in [0.25, 0.3) is 5.69 Å². The molecule has 3 heteroatoms. The third-order valence-electron chi connectivity index (χ3n) is 3.79. The third-order valence-corrected chi connectivity index (χ3v) is 3.79. The van der Waals surface area contributed by atoms with E-state index in [9.17, 15) is 10.1 Å². The Hall–Kier alpha value is -1.90. The lowest BCUT2D eigenvalue weighted by molar-refractivity contribution is -0.385. The van der Waals surface area contributed by atoms with Gasteiger partial charge in [-0.3, -0.25) is 10.1 Å². The Bertz CT molecular complexity index is 508. The summed E-state index contributed by atoms with van der Waals surface area (Å²) in [5.41, 5.74) is 0.333. The molecule has 0 aliphatic rings. The molecule has 0 N–H and O–H groups in total. The Morgan fingerprint density at radius 3 is 2.62 bits per heavy atom. The molecule has 0 unspecified atom stereocenters. The summed E-state index contributed by atoms with van der Waals surface area (Å²) in [5, 5.41) is 11.2. The summed E-state index contributed by atoms with van der Waals surface area (Å²) in [4.78, 5) is 10.9. The Balaban J connectivity index is 2.87. The van der Waals surface area contributed by atoms with Crippen LogP contribution < -0.4 is 0 Å². The Kier molecular flexibility index (Phi) is 6.86. The number of hydrogen-bond donors (Lipinski definition) is 0. The maximum Gasteiger partial charge on any atom is 0.273 e. The quantitative estimate of drug-likeness (QED) is 0.258. The van der Waals surface area contributed by atoms with Gasteiger partial charge >= 0.3 is 0 Å². The standard InChI is InChI=1S/C18H25NO2/c1-4-6-7-8-9-12-15-18(3,5-2)16-13-10-11-14-17(16)19(20)21/h5,10-15H,2,4,6-9H2,1,3H3/b15-12+/t18-/m1/s1. The van der Waals surface area contributed by atoms with Gasteiger partial charge in [-0.25, -0.2) is 0 Å². The minimum absolute atomic E-state index is 0.149. The zero-order chi connectivity index (χ0) is 15.7. The van der Waals surface area contributed by atoms with Gasteiger partial charge in [-0.15, -0.1) is 6.58 Å². The van der Waals surface area contributed by atoms with Gasteiger partial charge in [0.2, 0.25) is 0 Å². The van der Waals surface area contributed by atoms with E-state index < -0.39 is 5.41 Å². The van der Waals surface area contributed by atoms with Gasteiger partial charge in [0, 0.05) is 17.0 Å². The van der Waals surface area contributed by atoms with Crippen molar-refractivity contribution < 1.29 is 4.92 Å². The van der Waals surface area contributed by atoms with Gasteiger partial charge in [0.15, 0.2) is 0 Å². The van der Waals surface area contributed by atoms with E-state index in [4.69, 9.17) is 0 Å². The largest absolute Gasteiger partial charge is 0.273 e. The number of hydrogen-bond acceptors (Lipinski definition) is 2. The van der Waals surface area contributed by atoms with Gasteiger partial charge in [-0.1, -0.05) is 62.6 Å². The van der Waals surface area contributed by atoms with Crippen LogP contribution in [0.15, 0.2) is 49.1 Å². The summed E-state index contributed by atoms with van der Waals surface area (Å²) in [6, 6.07) is 6.88. The van der Waals surface area contributed by atoms with E-state index in [2.05, 4.69) is 19.6 Å². The molecule has 0 saturated carbocycles. The van der Waals surface area contributed by atoms with Gasteiger partial charge in [0.1, 0.15) is 0 Å². The minimum Gasteiger partial charge on any atom is -0.258 e. The zero-order valence-corrected chi connectivity index (χ0v) is 13.0. The lowest BCUT2D eigenvalue weighted by Gasteiger charge is -2.22. The predicted molar refractivity (Wildman–Crippen MR) is 88.5 cm³/mol. The molecule has 3 nitrogen and oxygen atoms in total. The Labute approximate surface area is 127 Å². The second-order valence-corrected chi connectivity index (χ2v) is 5.51. The smallest absolute Gasteiger partial charge is 0.258 e. The molecular formula is C18H25NO2. The van der Waals surface area contributed by atoms with E-state index in [0.717, 1.165) is 12.8 Å². The van der Waals surface area contributed by atoms with Crippen molar-refractivity contribution in [1.29, 1.82) is 0 Å². The summed E-state index contributed by atoms with van der Waals surface area (Å²) in [6.45, 7) is 8.02. The number of nitro benzene ring substituents is 1. The van der Waals surface area contributed by atoms with Gasteiger partial charge in [0.05, 0.1) is 4.92 Å². The second kappa shape index (κ2) is 8.40. The van der Waals surface area contributed by atoms with Crippen LogP contribution in [0, 0.1) is 10.1 Å². The van der Waals surface area contributed by atoms with Crippen LogP contribution in [-0.4, -0.2) is 4.92 Å². The molecule has 0 amide bonds. The third kappa shape index (κ3) is 4.85. The molecule has 0 spiro atoms. The normalized spacial score (nSPS) is 14.0. The maximum absolute atomic E-state index is 11.2. The molecule has 0 aromatic heterocycles. The van der Waals surface area contributed by atoms with Crippen molar-refractivity contribution in [3.05, 3.63) is 64.8 Å². The summed E-state index contributed by atoms with van der Waals surface area (Å²) < 4.78 is 0. The molecule has 0 saturated heterocycles. The lowest BCUT2D eigenvalue weighted by atomic mass is 9.81. The monoisotopic (exact) mass is 287 g/mol. The molecule has 1 atom stereocenters. The minimum atomic E-state index is -0.506. The van der Waals surface area contributed by atoms with E-state index in [1.165, 1.54) is 19.3 Å². The Morgan fingerprint density at radius 1 is 1.29 bits per heavy atom. The van der Waals surface area contributed by atoms with Gasteiger partial charge < -0.3 is 0 Å². The zero-order valence-electron chi connectivity index (χ0n) is 13.0. The first-order chi connectivity index (χ1) is 10.0. The molecule has 0 heterocycles. The van der Waals surface area contributed by atoms with Crippen molar-refractivity contribution in [1.82, 2.24) is 0 Å². The average molecular weight is 287 g/mol. The van der Waals surface area contributed by atoms with Crippen molar-refractivity contribution in [3.8, 4) is 0 Å². The molecule has 1 aromatic carbocycles. The van der Waals surface area contributed by atoms with E-state index in [1.807, 2.05) is 19.1 Å². The van der Waals surface area contributed by atoms with Gasteiger partial charge in [-0.05, 0) is 19.8 Å². The SMILES string of the molecule is C=C[C@](C)(/C=C/CCCCCC)c1ccccc1[N+](=O)[O-]. The highest BCUT2D eigenvalue weighted by Crippen LogP contribution is 2.34. The van der Waals surface area contributed by atoms with Crippen molar-refractivity contribution >= 4 is 5.69 Å². The molecule has 0 radical (unpaired) electrons. The fraction of sp³-hybridized carbons (Fsp3) is 0.444. The maximum atomic E-state index is 11.2. The highest BCUT2D eigenvalue weighted by Gasteiger charge is 2.27. The van der Waals surface area contributed by atoms with E-state index in [1.54, 1.807) is 24.3 Å². The topological polar surface area (TPSA) is 43.1 Å². The number of nitrogens with zero attached hydrogens (tertiary/aromatic N) is 1. The summed E-state index contributed by atoms with van der Waals surface area (Å²) in [6.07, 6.45) is 11.8. The number of para-hydroxylation sites is 1. The molecule has 0 fully saturated rings. The lowest BCUT2D eigenvalue weighted by Crippen LogP contribution is -2.17. The fourth-order valence-electron chi connectivity index (χ4n) is 2.37. The van der Waals surface area contributed by atoms with Crippen LogP contribution in [-0.2, 0) is 5.41 Å². The fourth-order valence-corrected chi connectivity index (χ4v) is 2.37. The number of rotatable bonds is 9. The number of benzene rings is 1. The first-order valence-corrected chi connectivity index (χ1v) is 7.60. The number of unbranched alkanes of at least 4 members (excludes halogenated alkanes) is 4. The van der Waals surface area contributed by atoms with Crippen molar-refractivity contribution in [3.63, 3.8) is 0 Å². The van der Waals surface area contributed by atoms with Gasteiger partial charge in [-0.2, -0.15) is 0 Å². The van der Waals surface area contributed by atoms with Crippen LogP contribution in [0.4, 0.5) is 5.69 Å². The molecule has 1 aromatic rings. The first kappa shape index (κ1) is 17.2. The van der Waals surface area contributed by atoms with Crippen LogP contribution in [0.1, 0.15) is 51.5 Å². The molecule has 114 valence electrons.